The van der Waals surface area contributed by atoms with E-state index >= 15 is 0 Å². The van der Waals surface area contributed by atoms with Gasteiger partial charge >= 0.3 is 29.6 Å². The van der Waals surface area contributed by atoms with Gasteiger partial charge < -0.3 is 24.9 Å². The molecule has 0 aliphatic heterocycles. The van der Waals surface area contributed by atoms with Gasteiger partial charge in [-0.2, -0.15) is 0 Å². The van der Waals surface area contributed by atoms with Crippen LogP contribution in [0.25, 0.3) is 10.9 Å². The standard InChI is InChI=1S/C24H28N2O4.Na/c1-17-19(11-6-3-7-14-22(25)27)26(15-18-9-4-2-5-10-18)20-12-8-13-21(24(17)20)30-16-23(28)29;/h2,4-5,8-10,12-13H,3,6-7,11,14-16H2,1H3,(H2,25,27)(H,28,29);/q;+1/p-1. The molecule has 31 heavy (non-hydrogen) atoms. The number of carbonyl (C=O) groups is 2. The van der Waals surface area contributed by atoms with Crippen LogP contribution in [0.15, 0.2) is 48.5 Å². The van der Waals surface area contributed by atoms with Crippen LogP contribution in [0.2, 0.25) is 0 Å². The molecule has 3 rings (SSSR count). The molecule has 0 saturated carbocycles. The van der Waals surface area contributed by atoms with Crippen molar-refractivity contribution < 1.29 is 49.0 Å². The predicted octanol–water partition coefficient (Wildman–Crippen LogP) is -0.281. The van der Waals surface area contributed by atoms with Gasteiger partial charge in [0.2, 0.25) is 5.91 Å². The summed E-state index contributed by atoms with van der Waals surface area (Å²) in [5.74, 6) is -0.960. The van der Waals surface area contributed by atoms with Gasteiger partial charge in [0.05, 0.1) is 11.5 Å². The maximum absolute atomic E-state index is 11.0. The first-order chi connectivity index (χ1) is 14.5. The third-order valence-corrected chi connectivity index (χ3v) is 5.29. The Bertz CT molecular complexity index is 1030. The third kappa shape index (κ3) is 6.60. The Balaban J connectivity index is 0.00000341. The number of primary amides is 1. The maximum Gasteiger partial charge on any atom is 1.00 e. The normalized spacial score (nSPS) is 10.6. The van der Waals surface area contributed by atoms with Gasteiger partial charge in [0.15, 0.2) is 0 Å². The first-order valence-corrected chi connectivity index (χ1v) is 10.2. The number of carbonyl (C=O) groups excluding carboxylic acids is 2. The number of nitrogens with zero attached hydrogens (tertiary/aromatic N) is 1. The van der Waals surface area contributed by atoms with Gasteiger partial charge in [-0.15, -0.1) is 0 Å². The molecule has 1 amide bonds. The van der Waals surface area contributed by atoms with Crippen molar-refractivity contribution >= 4 is 22.8 Å². The Morgan fingerprint density at radius 3 is 2.45 bits per heavy atom. The van der Waals surface area contributed by atoms with E-state index in [1.165, 1.54) is 11.3 Å². The van der Waals surface area contributed by atoms with Gasteiger partial charge in [0.25, 0.3) is 0 Å². The number of carboxylic acids is 1. The first kappa shape index (κ1) is 25.0. The Labute approximate surface area is 204 Å². The second-order valence-corrected chi connectivity index (χ2v) is 7.48. The zero-order chi connectivity index (χ0) is 21.5. The molecule has 7 heteroatoms. The molecule has 0 bridgehead atoms. The molecule has 0 unspecified atom stereocenters. The summed E-state index contributed by atoms with van der Waals surface area (Å²) >= 11 is 0. The van der Waals surface area contributed by atoms with Crippen molar-refractivity contribution in [1.82, 2.24) is 4.57 Å². The number of unbranched alkanes of at least 4 members (excludes halogenated alkanes) is 2. The third-order valence-electron chi connectivity index (χ3n) is 5.29. The van der Waals surface area contributed by atoms with Gasteiger partial charge in [0.1, 0.15) is 12.4 Å². The zero-order valence-corrected chi connectivity index (χ0v) is 20.2. The van der Waals surface area contributed by atoms with E-state index in [1.54, 1.807) is 6.07 Å². The van der Waals surface area contributed by atoms with Crippen LogP contribution in [0.3, 0.4) is 0 Å². The van der Waals surface area contributed by atoms with Crippen LogP contribution in [-0.2, 0) is 22.6 Å². The van der Waals surface area contributed by atoms with Gasteiger partial charge in [-0.1, -0.05) is 42.8 Å². The zero-order valence-electron chi connectivity index (χ0n) is 18.2. The van der Waals surface area contributed by atoms with Crippen LogP contribution in [0.4, 0.5) is 0 Å². The van der Waals surface area contributed by atoms with E-state index < -0.39 is 12.6 Å². The molecule has 0 aliphatic rings. The van der Waals surface area contributed by atoms with Crippen molar-refractivity contribution in [3.05, 3.63) is 65.4 Å². The maximum atomic E-state index is 11.0. The Morgan fingerprint density at radius 2 is 1.77 bits per heavy atom. The Hall–Kier alpha value is -2.28. The van der Waals surface area contributed by atoms with Gasteiger partial charge in [-0.05, 0) is 49.4 Å². The van der Waals surface area contributed by atoms with E-state index in [0.29, 0.717) is 18.7 Å². The quantitative estimate of drug-likeness (QED) is 0.334. The number of hydrogen-bond donors (Lipinski definition) is 1. The van der Waals surface area contributed by atoms with Crippen molar-refractivity contribution in [1.29, 1.82) is 0 Å². The average Bonchev–Trinajstić information content (AvgIpc) is 2.99. The van der Waals surface area contributed by atoms with E-state index in [0.717, 1.165) is 42.1 Å². The molecule has 3 aromatic rings. The van der Waals surface area contributed by atoms with E-state index in [9.17, 15) is 14.7 Å². The van der Waals surface area contributed by atoms with Crippen LogP contribution in [0, 0.1) is 6.92 Å². The molecule has 1 heterocycles. The number of hydrogen-bond acceptors (Lipinski definition) is 4. The number of aryl methyl sites for hydroxylation is 1. The average molecular weight is 430 g/mol. The van der Waals surface area contributed by atoms with Crippen molar-refractivity contribution in [2.75, 3.05) is 6.61 Å². The van der Waals surface area contributed by atoms with E-state index in [-0.39, 0.29) is 35.5 Å². The van der Waals surface area contributed by atoms with Crippen LogP contribution in [-0.4, -0.2) is 23.1 Å². The van der Waals surface area contributed by atoms with Crippen LogP contribution in [0.1, 0.15) is 42.5 Å². The summed E-state index contributed by atoms with van der Waals surface area (Å²) in [6.07, 6.45) is 3.91. The number of rotatable bonds is 11. The first-order valence-electron chi connectivity index (χ1n) is 10.2. The minimum atomic E-state index is -1.25. The summed E-state index contributed by atoms with van der Waals surface area (Å²) in [7, 11) is 0. The number of carboxylic acid groups (broad SMARTS) is 1. The fourth-order valence-electron chi connectivity index (χ4n) is 3.91. The van der Waals surface area contributed by atoms with Gasteiger partial charge in [0, 0.05) is 24.0 Å². The molecule has 1 aromatic heterocycles. The number of ether oxygens (including phenoxy) is 1. The fourth-order valence-corrected chi connectivity index (χ4v) is 3.91. The number of fused-ring (bicyclic) bond motifs is 1. The molecule has 2 N–H and O–H groups in total. The van der Waals surface area contributed by atoms with Crippen molar-refractivity contribution in [3.8, 4) is 5.75 Å². The smallest absolute Gasteiger partial charge is 0.546 e. The summed E-state index contributed by atoms with van der Waals surface area (Å²) in [6.45, 7) is 2.28. The number of nitrogens with two attached hydrogens (primary N) is 1. The Morgan fingerprint density at radius 1 is 1.03 bits per heavy atom. The topological polar surface area (TPSA) is 97.4 Å². The molecule has 2 aromatic carbocycles. The molecule has 0 fully saturated rings. The SMILES string of the molecule is Cc1c(CCCCCC(N)=O)n(Cc2ccccc2)c2cccc(OCC(=O)[O-])c12.[Na+]. The van der Waals surface area contributed by atoms with E-state index in [4.69, 9.17) is 10.5 Å². The fraction of sp³-hybridized carbons (Fsp3) is 0.333. The number of amides is 1. The second-order valence-electron chi connectivity index (χ2n) is 7.48. The van der Waals surface area contributed by atoms with Gasteiger partial charge in [-0.3, -0.25) is 4.79 Å². The summed E-state index contributed by atoms with van der Waals surface area (Å²) in [5.41, 5.74) is 9.71. The summed E-state index contributed by atoms with van der Waals surface area (Å²) in [5, 5.41) is 11.8. The van der Waals surface area contributed by atoms with Crippen molar-refractivity contribution in [2.45, 2.75) is 45.6 Å². The summed E-state index contributed by atoms with van der Waals surface area (Å²) < 4.78 is 7.80. The van der Waals surface area contributed by atoms with Crippen LogP contribution < -0.4 is 45.1 Å². The summed E-state index contributed by atoms with van der Waals surface area (Å²) in [6, 6.07) is 15.9. The van der Waals surface area contributed by atoms with Gasteiger partial charge in [-0.25, -0.2) is 0 Å². The molecule has 0 atom stereocenters. The van der Waals surface area contributed by atoms with Crippen molar-refractivity contribution in [3.63, 3.8) is 0 Å². The second kappa shape index (κ2) is 11.9. The minimum absolute atomic E-state index is 0. The molecule has 158 valence electrons. The van der Waals surface area contributed by atoms with E-state index in [2.05, 4.69) is 23.6 Å². The Kier molecular flexibility index (Phi) is 9.62. The molecule has 6 nitrogen and oxygen atoms in total. The summed E-state index contributed by atoms with van der Waals surface area (Å²) in [4.78, 5) is 21.8. The van der Waals surface area contributed by atoms with Crippen molar-refractivity contribution in [2.24, 2.45) is 5.73 Å². The molecular weight excluding hydrogens is 403 g/mol. The largest absolute Gasteiger partial charge is 1.00 e. The van der Waals surface area contributed by atoms with E-state index in [1.807, 2.05) is 30.3 Å². The molecule has 0 radical (unpaired) electrons. The molecular formula is C24H27N2NaO4. The number of aromatic nitrogens is 1. The minimum Gasteiger partial charge on any atom is -0.546 e. The predicted molar refractivity (Wildman–Crippen MR) is 114 cm³/mol. The molecule has 0 saturated heterocycles. The van der Waals surface area contributed by atoms with Crippen LogP contribution in [0.5, 0.6) is 5.75 Å². The number of aliphatic carboxylic acids is 1. The van der Waals surface area contributed by atoms with Crippen LogP contribution >= 0.6 is 0 Å². The monoisotopic (exact) mass is 430 g/mol. The molecule has 0 spiro atoms. The molecule has 0 aliphatic carbocycles. The number of benzene rings is 2.